The van der Waals surface area contributed by atoms with Gasteiger partial charge in [-0.1, -0.05) is 11.6 Å². The van der Waals surface area contributed by atoms with Gasteiger partial charge in [0.05, 0.1) is 32.8 Å². The molecule has 150 valence electrons. The number of piperidine rings is 1. The second-order valence-corrected chi connectivity index (χ2v) is 7.66. The van der Waals surface area contributed by atoms with Crippen LogP contribution >= 0.6 is 11.6 Å². The second-order valence-electron chi connectivity index (χ2n) is 7.25. The zero-order valence-corrected chi connectivity index (χ0v) is 16.6. The summed E-state index contributed by atoms with van der Waals surface area (Å²) < 4.78 is 0. The number of fused-ring (bicyclic) bond motifs is 2. The first-order valence-electron chi connectivity index (χ1n) is 9.28. The van der Waals surface area contributed by atoms with Crippen LogP contribution in [-0.4, -0.2) is 64.0 Å². The normalized spacial score (nSPS) is 19.3. The molecule has 2 aliphatic rings. The van der Waals surface area contributed by atoms with Gasteiger partial charge in [-0.05, 0) is 57.4 Å². The Morgan fingerprint density at radius 2 is 1.90 bits per heavy atom. The molecule has 2 aliphatic heterocycles. The number of allylic oxidation sites excluding steroid dienone is 3. The number of nitrogens with zero attached hydrogens (tertiary/aromatic N) is 3. The fourth-order valence-corrected chi connectivity index (χ4v) is 4.08. The molecule has 2 aromatic rings. The zero-order valence-electron chi connectivity index (χ0n) is 15.8. The number of carbonyl (C=O) groups excluding carboxylic acids is 3. The van der Waals surface area contributed by atoms with Crippen molar-refractivity contribution in [1.29, 1.82) is 0 Å². The van der Waals surface area contributed by atoms with Crippen LogP contribution in [0.4, 0.5) is 0 Å². The second kappa shape index (κ2) is 7.46. The van der Waals surface area contributed by atoms with Crippen LogP contribution in [0.2, 0.25) is 0 Å². The Morgan fingerprint density at radius 3 is 2.52 bits per heavy atom. The number of aromatic amines is 1. The lowest BCUT2D eigenvalue weighted by atomic mass is 10.0. The van der Waals surface area contributed by atoms with Gasteiger partial charge in [0.2, 0.25) is 0 Å². The summed E-state index contributed by atoms with van der Waals surface area (Å²) in [6.07, 6.45) is 4.71. The Hall–Kier alpha value is -2.97. The summed E-state index contributed by atoms with van der Waals surface area (Å²) in [7, 11) is 2.03. The number of halogens is 1. The Kier molecular flexibility index (Phi) is 4.97. The smallest absolute Gasteiger partial charge is 0.261 e. The highest BCUT2D eigenvalue weighted by Crippen LogP contribution is 2.32. The van der Waals surface area contributed by atoms with Gasteiger partial charge in [0.15, 0.2) is 6.29 Å². The molecule has 1 fully saturated rings. The lowest BCUT2D eigenvalue weighted by molar-refractivity contribution is -0.103. The van der Waals surface area contributed by atoms with E-state index < -0.39 is 0 Å². The number of benzene rings is 1. The van der Waals surface area contributed by atoms with Gasteiger partial charge >= 0.3 is 0 Å². The molecular formula is C20H20ClN5O3. The fourth-order valence-electron chi connectivity index (χ4n) is 3.87. The van der Waals surface area contributed by atoms with E-state index in [1.54, 1.807) is 12.1 Å². The number of rotatable bonds is 4. The maximum atomic E-state index is 13.0. The molecule has 0 radical (unpaired) electrons. The molecule has 2 amide bonds. The molecule has 3 N–H and O–H groups in total. The van der Waals surface area contributed by atoms with Crippen LogP contribution in [0, 0.1) is 0 Å². The van der Waals surface area contributed by atoms with Crippen molar-refractivity contribution in [2.45, 2.75) is 18.9 Å². The number of carbonyl (C=O) groups is 3. The number of aromatic nitrogens is 2. The molecule has 1 aromatic heterocycles. The van der Waals surface area contributed by atoms with Crippen LogP contribution in [0.1, 0.15) is 39.4 Å². The van der Waals surface area contributed by atoms with E-state index in [1.165, 1.54) is 17.2 Å². The number of nitrogens with two attached hydrogens (primary N) is 1. The molecule has 4 rings (SSSR count). The van der Waals surface area contributed by atoms with Gasteiger partial charge in [0, 0.05) is 6.04 Å². The van der Waals surface area contributed by atoms with Gasteiger partial charge < -0.3 is 15.6 Å². The van der Waals surface area contributed by atoms with Gasteiger partial charge in [-0.15, -0.1) is 0 Å². The summed E-state index contributed by atoms with van der Waals surface area (Å²) >= 11 is 6.08. The van der Waals surface area contributed by atoms with Crippen molar-refractivity contribution in [3.63, 3.8) is 0 Å². The van der Waals surface area contributed by atoms with Gasteiger partial charge in [0.25, 0.3) is 11.8 Å². The molecule has 8 nitrogen and oxygen atoms in total. The minimum absolute atomic E-state index is 0.0908. The SMILES string of the molecule is CN1CCC(N2C(=O)c3cc4nc(/C(C=O)=C(Cl)/C=C\N)[nH]c4cc3C2=O)CC1. The number of amides is 2. The van der Waals surface area contributed by atoms with Crippen LogP contribution in [0.3, 0.4) is 0 Å². The van der Waals surface area contributed by atoms with Crippen molar-refractivity contribution < 1.29 is 14.4 Å². The molecule has 3 heterocycles. The summed E-state index contributed by atoms with van der Waals surface area (Å²) in [5, 5.41) is 0.134. The summed E-state index contributed by atoms with van der Waals surface area (Å²) in [5.74, 6) is -0.331. The predicted molar refractivity (Wildman–Crippen MR) is 109 cm³/mol. The molecule has 0 saturated carbocycles. The highest BCUT2D eigenvalue weighted by Gasteiger charge is 2.41. The van der Waals surface area contributed by atoms with Crippen molar-refractivity contribution in [2.75, 3.05) is 20.1 Å². The minimum Gasteiger partial charge on any atom is -0.405 e. The number of imidazole rings is 1. The van der Waals surface area contributed by atoms with E-state index in [4.69, 9.17) is 17.3 Å². The standard InChI is InChI=1S/C20H20ClN5O3/c1-25-6-3-11(4-7-25)26-19(28)12-8-16-17(9-13(12)20(26)29)24-18(23-16)14(10-27)15(21)2-5-22/h2,5,8-11H,3-4,6-7,22H2,1H3,(H,23,24)/b5-2-,15-14-. The van der Waals surface area contributed by atoms with Gasteiger partial charge in [0.1, 0.15) is 5.82 Å². The van der Waals surface area contributed by atoms with Crippen molar-refractivity contribution >= 4 is 46.3 Å². The third kappa shape index (κ3) is 3.24. The van der Waals surface area contributed by atoms with Gasteiger partial charge in [-0.3, -0.25) is 19.3 Å². The zero-order chi connectivity index (χ0) is 20.7. The number of imide groups is 1. The van der Waals surface area contributed by atoms with Gasteiger partial charge in [-0.2, -0.15) is 0 Å². The molecule has 0 unspecified atom stereocenters. The molecule has 0 aliphatic carbocycles. The highest BCUT2D eigenvalue weighted by atomic mass is 35.5. The molecule has 1 saturated heterocycles. The maximum absolute atomic E-state index is 13.0. The van der Waals surface area contributed by atoms with E-state index >= 15 is 0 Å². The summed E-state index contributed by atoms with van der Waals surface area (Å²) in [5.41, 5.74) is 7.17. The molecule has 0 bridgehead atoms. The first-order valence-corrected chi connectivity index (χ1v) is 9.66. The van der Waals surface area contributed by atoms with Crippen LogP contribution in [0.25, 0.3) is 16.6 Å². The third-order valence-corrected chi connectivity index (χ3v) is 5.78. The first-order chi connectivity index (χ1) is 13.9. The lowest BCUT2D eigenvalue weighted by Crippen LogP contribution is -2.46. The van der Waals surface area contributed by atoms with E-state index in [0.29, 0.717) is 28.4 Å². The Labute approximate surface area is 172 Å². The first kappa shape index (κ1) is 19.4. The average Bonchev–Trinajstić information content (AvgIpc) is 3.21. The van der Waals surface area contributed by atoms with Crippen LogP contribution in [0.5, 0.6) is 0 Å². The number of aldehydes is 1. The van der Waals surface area contributed by atoms with E-state index in [1.807, 2.05) is 7.05 Å². The lowest BCUT2D eigenvalue weighted by Gasteiger charge is -2.33. The maximum Gasteiger partial charge on any atom is 0.261 e. The van der Waals surface area contributed by atoms with Crippen LogP contribution in [0.15, 0.2) is 29.4 Å². The molecule has 29 heavy (non-hydrogen) atoms. The average molecular weight is 414 g/mol. The van der Waals surface area contributed by atoms with Crippen molar-refractivity contribution in [3.05, 3.63) is 46.4 Å². The highest BCUT2D eigenvalue weighted by molar-refractivity contribution is 6.38. The number of hydrogen-bond acceptors (Lipinski definition) is 6. The van der Waals surface area contributed by atoms with Crippen molar-refractivity contribution in [2.24, 2.45) is 5.73 Å². The molecular weight excluding hydrogens is 394 g/mol. The van der Waals surface area contributed by atoms with E-state index in [-0.39, 0.29) is 34.3 Å². The minimum atomic E-state index is -0.291. The summed E-state index contributed by atoms with van der Waals surface area (Å²) in [4.78, 5) is 48.3. The van der Waals surface area contributed by atoms with E-state index in [2.05, 4.69) is 14.9 Å². The van der Waals surface area contributed by atoms with E-state index in [9.17, 15) is 14.4 Å². The molecule has 0 spiro atoms. The number of nitrogens with one attached hydrogen (secondary N) is 1. The Bertz CT molecular complexity index is 1030. The van der Waals surface area contributed by atoms with Crippen LogP contribution in [-0.2, 0) is 4.79 Å². The molecule has 9 heteroatoms. The number of H-pyrrole nitrogens is 1. The summed E-state index contributed by atoms with van der Waals surface area (Å²) in [6, 6.07) is 3.12. The topological polar surface area (TPSA) is 112 Å². The largest absolute Gasteiger partial charge is 0.405 e. The predicted octanol–water partition coefficient (Wildman–Crippen LogP) is 1.87. The van der Waals surface area contributed by atoms with Crippen molar-refractivity contribution in [3.8, 4) is 0 Å². The monoisotopic (exact) mass is 413 g/mol. The quantitative estimate of drug-likeness (QED) is 0.342. The number of hydrogen-bond donors (Lipinski definition) is 2. The van der Waals surface area contributed by atoms with Gasteiger partial charge in [-0.25, -0.2) is 4.98 Å². The van der Waals surface area contributed by atoms with E-state index in [0.717, 1.165) is 25.9 Å². The summed E-state index contributed by atoms with van der Waals surface area (Å²) in [6.45, 7) is 1.70. The number of likely N-dealkylation sites (tertiary alicyclic amines) is 1. The Balaban J connectivity index is 1.72. The van der Waals surface area contributed by atoms with Crippen LogP contribution < -0.4 is 5.73 Å². The molecule has 1 aromatic carbocycles. The molecule has 0 atom stereocenters. The Morgan fingerprint density at radius 1 is 1.24 bits per heavy atom. The third-order valence-electron chi connectivity index (χ3n) is 5.45. The van der Waals surface area contributed by atoms with Crippen molar-refractivity contribution in [1.82, 2.24) is 19.8 Å². The fraction of sp³-hybridized carbons (Fsp3) is 0.300.